The van der Waals surface area contributed by atoms with Crippen LogP contribution in [0.4, 0.5) is 4.39 Å². The summed E-state index contributed by atoms with van der Waals surface area (Å²) in [6, 6.07) is 7.11. The number of benzene rings is 1. The summed E-state index contributed by atoms with van der Waals surface area (Å²) in [5.41, 5.74) is 0.790. The van der Waals surface area contributed by atoms with Gasteiger partial charge in [0.25, 0.3) is 0 Å². The Kier molecular flexibility index (Phi) is 3.54. The monoisotopic (exact) mass is 331 g/mol. The van der Waals surface area contributed by atoms with Crippen LogP contribution < -0.4 is 5.32 Å². The number of halogens is 1. The third kappa shape index (κ3) is 2.08. The minimum atomic E-state index is -0.197. The van der Waals surface area contributed by atoms with Crippen molar-refractivity contribution in [2.45, 2.75) is 52.2 Å². The van der Waals surface area contributed by atoms with Gasteiger partial charge in [0, 0.05) is 25.1 Å². The van der Waals surface area contributed by atoms with Gasteiger partial charge in [0.05, 0.1) is 6.10 Å². The van der Waals surface area contributed by atoms with Crippen LogP contribution in [0.15, 0.2) is 24.3 Å². The summed E-state index contributed by atoms with van der Waals surface area (Å²) in [7, 11) is 0. The summed E-state index contributed by atoms with van der Waals surface area (Å²) >= 11 is 0. The van der Waals surface area contributed by atoms with E-state index in [4.69, 9.17) is 4.74 Å². The van der Waals surface area contributed by atoms with Crippen LogP contribution in [0.25, 0.3) is 0 Å². The van der Waals surface area contributed by atoms with Crippen LogP contribution in [0.2, 0.25) is 0 Å². The zero-order chi connectivity index (χ0) is 17.1. The van der Waals surface area contributed by atoms with Crippen molar-refractivity contribution in [1.29, 1.82) is 0 Å². The van der Waals surface area contributed by atoms with Crippen molar-refractivity contribution in [1.82, 2.24) is 5.32 Å². The molecule has 4 heteroatoms. The Morgan fingerprint density at radius 1 is 1.33 bits per heavy atom. The number of hydrogen-bond acceptors (Lipinski definition) is 2. The van der Waals surface area contributed by atoms with Gasteiger partial charge in [0.1, 0.15) is 5.82 Å². The molecule has 2 bridgehead atoms. The molecular weight excluding hydrogens is 305 g/mol. The molecule has 0 radical (unpaired) electrons. The Hall–Kier alpha value is -1.42. The van der Waals surface area contributed by atoms with Gasteiger partial charge in [-0.1, -0.05) is 32.0 Å². The van der Waals surface area contributed by atoms with Crippen LogP contribution >= 0.6 is 0 Å². The lowest BCUT2D eigenvalue weighted by atomic mass is 9.59. The topological polar surface area (TPSA) is 38.3 Å². The number of carbonyl (C=O) groups is 1. The lowest BCUT2D eigenvalue weighted by molar-refractivity contribution is -0.136. The fourth-order valence-corrected chi connectivity index (χ4v) is 6.00. The minimum Gasteiger partial charge on any atom is -0.373 e. The molecule has 1 aromatic carbocycles. The summed E-state index contributed by atoms with van der Waals surface area (Å²) in [6.07, 6.45) is 2.93. The molecule has 130 valence electrons. The largest absolute Gasteiger partial charge is 0.373 e. The lowest BCUT2D eigenvalue weighted by Gasteiger charge is -2.53. The highest BCUT2D eigenvalue weighted by atomic mass is 19.1. The van der Waals surface area contributed by atoms with Crippen LogP contribution in [-0.2, 0) is 9.53 Å². The van der Waals surface area contributed by atoms with Gasteiger partial charge in [-0.2, -0.15) is 0 Å². The first kappa shape index (κ1) is 16.1. The van der Waals surface area contributed by atoms with Gasteiger partial charge < -0.3 is 10.1 Å². The Morgan fingerprint density at radius 3 is 2.79 bits per heavy atom. The summed E-state index contributed by atoms with van der Waals surface area (Å²) < 4.78 is 20.5. The van der Waals surface area contributed by atoms with E-state index in [2.05, 4.69) is 19.2 Å². The van der Waals surface area contributed by atoms with Crippen LogP contribution in [0.3, 0.4) is 0 Å². The van der Waals surface area contributed by atoms with Crippen molar-refractivity contribution in [3.8, 4) is 0 Å². The SMILES string of the molecule is CC(=O)N[C@@H]1C(C)(C)[C@@H]2C[C@@H]3[C@@H](c4ccccc4F)OCCC31C2. The van der Waals surface area contributed by atoms with Crippen LogP contribution in [0.1, 0.15) is 51.7 Å². The van der Waals surface area contributed by atoms with Crippen molar-refractivity contribution in [2.24, 2.45) is 22.7 Å². The molecule has 1 unspecified atom stereocenters. The van der Waals surface area contributed by atoms with Crippen molar-refractivity contribution in [2.75, 3.05) is 6.61 Å². The molecule has 1 aromatic rings. The van der Waals surface area contributed by atoms with Crippen LogP contribution in [0.5, 0.6) is 0 Å². The second kappa shape index (κ2) is 5.29. The normalized spacial score (nSPS) is 39.5. The Bertz CT molecular complexity index is 673. The van der Waals surface area contributed by atoms with Gasteiger partial charge in [0.2, 0.25) is 5.91 Å². The maximum absolute atomic E-state index is 14.4. The summed E-state index contributed by atoms with van der Waals surface area (Å²) in [4.78, 5) is 11.8. The van der Waals surface area contributed by atoms with E-state index in [1.807, 2.05) is 12.1 Å². The number of amides is 1. The number of ether oxygens (including phenoxy) is 1. The van der Waals surface area contributed by atoms with Gasteiger partial charge in [0.15, 0.2) is 0 Å². The first-order valence-corrected chi connectivity index (χ1v) is 8.99. The second-order valence-corrected chi connectivity index (χ2v) is 8.49. The van der Waals surface area contributed by atoms with Crippen LogP contribution in [0, 0.1) is 28.5 Å². The van der Waals surface area contributed by atoms with Gasteiger partial charge in [-0.15, -0.1) is 0 Å². The first-order chi connectivity index (χ1) is 11.4. The average molecular weight is 331 g/mol. The molecule has 1 spiro atoms. The van der Waals surface area contributed by atoms with E-state index in [0.29, 0.717) is 18.1 Å². The van der Waals surface area contributed by atoms with Gasteiger partial charge in [-0.3, -0.25) is 4.79 Å². The van der Waals surface area contributed by atoms with Crippen molar-refractivity contribution >= 4 is 5.91 Å². The third-order valence-corrected chi connectivity index (χ3v) is 7.06. The highest BCUT2D eigenvalue weighted by molar-refractivity contribution is 5.73. The number of fused-ring (bicyclic) bond motifs is 1. The van der Waals surface area contributed by atoms with Crippen molar-refractivity contribution in [3.63, 3.8) is 0 Å². The standard InChI is InChI=1S/C20H26FNO2/c1-12(23)22-18-19(2,3)13-10-15-17(14-6-4-5-7-16(14)21)24-9-8-20(15,18)11-13/h4-7,13,15,17-18H,8-11H2,1-3H3,(H,22,23)/t13-,15-,17-,18-,20?/m1/s1. The highest BCUT2D eigenvalue weighted by Gasteiger charge is 2.68. The highest BCUT2D eigenvalue weighted by Crippen LogP contribution is 2.70. The molecule has 0 aromatic heterocycles. The summed E-state index contributed by atoms with van der Waals surface area (Å²) in [5.74, 6) is 0.675. The predicted octanol–water partition coefficient (Wildman–Crippen LogP) is 3.84. The number of hydrogen-bond donors (Lipinski definition) is 1. The number of carbonyl (C=O) groups excluding carboxylic acids is 1. The van der Waals surface area contributed by atoms with Gasteiger partial charge in [-0.05, 0) is 48.0 Å². The maximum Gasteiger partial charge on any atom is 0.217 e. The number of nitrogens with one attached hydrogen (secondary N) is 1. The molecule has 3 nitrogen and oxygen atoms in total. The summed E-state index contributed by atoms with van der Waals surface area (Å²) in [6.45, 7) is 6.78. The zero-order valence-corrected chi connectivity index (χ0v) is 14.6. The fourth-order valence-electron chi connectivity index (χ4n) is 6.00. The van der Waals surface area contributed by atoms with E-state index in [0.717, 1.165) is 19.3 Å². The van der Waals surface area contributed by atoms with E-state index < -0.39 is 0 Å². The molecule has 1 aliphatic heterocycles. The quantitative estimate of drug-likeness (QED) is 0.894. The molecule has 2 saturated carbocycles. The Morgan fingerprint density at radius 2 is 2.08 bits per heavy atom. The molecule has 1 amide bonds. The van der Waals surface area contributed by atoms with E-state index in [1.54, 1.807) is 13.0 Å². The molecule has 5 atom stereocenters. The first-order valence-electron chi connectivity index (χ1n) is 8.99. The second-order valence-electron chi connectivity index (χ2n) is 8.49. The van der Waals surface area contributed by atoms with E-state index in [1.165, 1.54) is 6.07 Å². The fraction of sp³-hybridized carbons (Fsp3) is 0.650. The molecular formula is C20H26FNO2. The molecule has 1 heterocycles. The van der Waals surface area contributed by atoms with E-state index in [-0.39, 0.29) is 40.6 Å². The van der Waals surface area contributed by atoms with E-state index >= 15 is 0 Å². The van der Waals surface area contributed by atoms with E-state index in [9.17, 15) is 9.18 Å². The molecule has 4 rings (SSSR count). The predicted molar refractivity (Wildman–Crippen MR) is 89.7 cm³/mol. The summed E-state index contributed by atoms with van der Waals surface area (Å²) in [5, 5.41) is 3.25. The molecule has 24 heavy (non-hydrogen) atoms. The van der Waals surface area contributed by atoms with Crippen molar-refractivity contribution < 1.29 is 13.9 Å². The molecule has 1 saturated heterocycles. The molecule has 1 N–H and O–H groups in total. The third-order valence-electron chi connectivity index (χ3n) is 7.06. The Balaban J connectivity index is 1.74. The van der Waals surface area contributed by atoms with Crippen LogP contribution in [-0.4, -0.2) is 18.6 Å². The molecule has 3 fully saturated rings. The zero-order valence-electron chi connectivity index (χ0n) is 14.6. The molecule has 3 aliphatic rings. The molecule has 2 aliphatic carbocycles. The Labute approximate surface area is 143 Å². The smallest absolute Gasteiger partial charge is 0.217 e. The van der Waals surface area contributed by atoms with Gasteiger partial charge in [-0.25, -0.2) is 4.39 Å². The van der Waals surface area contributed by atoms with Crippen molar-refractivity contribution in [3.05, 3.63) is 35.6 Å². The van der Waals surface area contributed by atoms with Gasteiger partial charge >= 0.3 is 0 Å². The number of rotatable bonds is 2. The lowest BCUT2D eigenvalue weighted by Crippen LogP contribution is -2.58. The maximum atomic E-state index is 14.4. The minimum absolute atomic E-state index is 0.0303. The average Bonchev–Trinajstić information content (AvgIpc) is 3.01.